The van der Waals surface area contributed by atoms with E-state index in [9.17, 15) is 23.1 Å². The van der Waals surface area contributed by atoms with Gasteiger partial charge in [-0.15, -0.1) is 0 Å². The first-order valence-electron chi connectivity index (χ1n) is 9.07. The predicted molar refractivity (Wildman–Crippen MR) is 94.0 cm³/mol. The van der Waals surface area contributed by atoms with Crippen molar-refractivity contribution >= 4 is 5.91 Å². The molecule has 2 unspecified atom stereocenters. The standard InChI is InChI=1S/C19H21F3N4O2/c1-2-5-26(11-16(27)15-10-23-3-4-24-15)18(28)13-6-12-8-17(19(20,21)22)25-9-14(12)7-13/h3-4,8-10,13,16,27H,2,5-7,11H2,1H3. The number of fused-ring (bicyclic) bond motifs is 1. The number of rotatable bonds is 6. The van der Waals surface area contributed by atoms with Gasteiger partial charge in [0.25, 0.3) is 0 Å². The van der Waals surface area contributed by atoms with Crippen LogP contribution < -0.4 is 0 Å². The molecule has 2 heterocycles. The molecule has 6 nitrogen and oxygen atoms in total. The van der Waals surface area contributed by atoms with E-state index in [2.05, 4.69) is 15.0 Å². The van der Waals surface area contributed by atoms with Crippen LogP contribution in [0.15, 0.2) is 30.9 Å². The Bertz CT molecular complexity index is 830. The molecule has 150 valence electrons. The van der Waals surface area contributed by atoms with Gasteiger partial charge in [0.2, 0.25) is 5.91 Å². The van der Waals surface area contributed by atoms with Crippen LogP contribution >= 0.6 is 0 Å². The zero-order valence-corrected chi connectivity index (χ0v) is 15.4. The molecule has 0 saturated carbocycles. The largest absolute Gasteiger partial charge is 0.433 e. The lowest BCUT2D eigenvalue weighted by molar-refractivity contribution is -0.141. The minimum atomic E-state index is -4.51. The Labute approximate surface area is 160 Å². The van der Waals surface area contributed by atoms with Gasteiger partial charge in [-0.2, -0.15) is 13.2 Å². The van der Waals surface area contributed by atoms with Crippen molar-refractivity contribution in [1.82, 2.24) is 19.9 Å². The monoisotopic (exact) mass is 394 g/mol. The number of pyridine rings is 1. The Kier molecular flexibility index (Phi) is 5.93. The smallest absolute Gasteiger partial charge is 0.385 e. The van der Waals surface area contributed by atoms with Gasteiger partial charge in [-0.3, -0.25) is 19.7 Å². The fourth-order valence-electron chi connectivity index (χ4n) is 3.44. The van der Waals surface area contributed by atoms with Crippen LogP contribution in [0.25, 0.3) is 0 Å². The molecule has 1 amide bonds. The molecule has 0 spiro atoms. The molecule has 1 aliphatic rings. The highest BCUT2D eigenvalue weighted by Gasteiger charge is 2.36. The number of halogens is 3. The quantitative estimate of drug-likeness (QED) is 0.815. The number of carbonyl (C=O) groups excluding carboxylic acids is 1. The Hall–Kier alpha value is -2.55. The van der Waals surface area contributed by atoms with Gasteiger partial charge >= 0.3 is 6.18 Å². The van der Waals surface area contributed by atoms with Gasteiger partial charge in [0.05, 0.1) is 18.4 Å². The van der Waals surface area contributed by atoms with E-state index in [4.69, 9.17) is 0 Å². The van der Waals surface area contributed by atoms with Crippen molar-refractivity contribution < 1.29 is 23.1 Å². The Morgan fingerprint density at radius 1 is 1.25 bits per heavy atom. The molecule has 1 N–H and O–H groups in total. The van der Waals surface area contributed by atoms with E-state index in [1.165, 1.54) is 24.8 Å². The summed E-state index contributed by atoms with van der Waals surface area (Å²) in [6.07, 6.45) is 1.39. The highest BCUT2D eigenvalue weighted by Crippen LogP contribution is 2.33. The lowest BCUT2D eigenvalue weighted by Crippen LogP contribution is -2.40. The Morgan fingerprint density at radius 3 is 2.64 bits per heavy atom. The fourth-order valence-corrected chi connectivity index (χ4v) is 3.44. The van der Waals surface area contributed by atoms with Crippen molar-refractivity contribution in [3.8, 4) is 0 Å². The number of aromatic nitrogens is 3. The summed E-state index contributed by atoms with van der Waals surface area (Å²) in [6, 6.07) is 1.03. The fraction of sp³-hybridized carbons (Fsp3) is 0.474. The van der Waals surface area contributed by atoms with E-state index in [1.54, 1.807) is 4.90 Å². The summed E-state index contributed by atoms with van der Waals surface area (Å²) in [5, 5.41) is 10.4. The first kappa shape index (κ1) is 20.2. The molecule has 28 heavy (non-hydrogen) atoms. The second kappa shape index (κ2) is 8.22. The molecule has 9 heteroatoms. The molecule has 0 aromatic carbocycles. The van der Waals surface area contributed by atoms with Crippen LogP contribution in [0.3, 0.4) is 0 Å². The van der Waals surface area contributed by atoms with Gasteiger partial charge in [-0.1, -0.05) is 6.92 Å². The number of alkyl halides is 3. The Morgan fingerprint density at radius 2 is 2.00 bits per heavy atom. The normalized spacial score (nSPS) is 17.2. The van der Waals surface area contributed by atoms with Crippen LogP contribution in [0.5, 0.6) is 0 Å². The number of carbonyl (C=O) groups is 1. The van der Waals surface area contributed by atoms with Crippen molar-refractivity contribution in [2.75, 3.05) is 13.1 Å². The average molecular weight is 394 g/mol. The minimum absolute atomic E-state index is 0.0598. The summed E-state index contributed by atoms with van der Waals surface area (Å²) < 4.78 is 38.6. The van der Waals surface area contributed by atoms with Gasteiger partial charge in [-0.05, 0) is 36.5 Å². The van der Waals surface area contributed by atoms with E-state index in [1.807, 2.05) is 6.92 Å². The maximum atomic E-state index is 13.0. The molecule has 0 fully saturated rings. The zero-order valence-electron chi connectivity index (χ0n) is 15.4. The van der Waals surface area contributed by atoms with E-state index in [0.717, 1.165) is 6.07 Å². The van der Waals surface area contributed by atoms with Gasteiger partial charge in [-0.25, -0.2) is 0 Å². The highest BCUT2D eigenvalue weighted by atomic mass is 19.4. The second-order valence-corrected chi connectivity index (χ2v) is 6.87. The van der Waals surface area contributed by atoms with Gasteiger partial charge in [0.15, 0.2) is 0 Å². The van der Waals surface area contributed by atoms with E-state index in [-0.39, 0.29) is 18.9 Å². The maximum absolute atomic E-state index is 13.0. The third kappa shape index (κ3) is 4.46. The van der Waals surface area contributed by atoms with Gasteiger partial charge in [0.1, 0.15) is 11.8 Å². The van der Waals surface area contributed by atoms with Crippen molar-refractivity contribution in [1.29, 1.82) is 0 Å². The summed E-state index contributed by atoms with van der Waals surface area (Å²) in [6.45, 7) is 2.41. The molecule has 0 radical (unpaired) electrons. The summed E-state index contributed by atoms with van der Waals surface area (Å²) in [4.78, 5) is 26.0. The highest BCUT2D eigenvalue weighted by molar-refractivity contribution is 5.80. The maximum Gasteiger partial charge on any atom is 0.433 e. The van der Waals surface area contributed by atoms with Crippen LogP contribution in [0.4, 0.5) is 13.2 Å². The second-order valence-electron chi connectivity index (χ2n) is 6.87. The minimum Gasteiger partial charge on any atom is -0.385 e. The number of hydrogen-bond acceptors (Lipinski definition) is 5. The van der Waals surface area contributed by atoms with E-state index >= 15 is 0 Å². The van der Waals surface area contributed by atoms with Crippen molar-refractivity contribution in [3.05, 3.63) is 53.4 Å². The molecular weight excluding hydrogens is 373 g/mol. The first-order chi connectivity index (χ1) is 13.3. The number of aliphatic hydroxyl groups excluding tert-OH is 1. The predicted octanol–water partition coefficient (Wildman–Crippen LogP) is 2.58. The van der Waals surface area contributed by atoms with Crippen LogP contribution in [0.2, 0.25) is 0 Å². The lowest BCUT2D eigenvalue weighted by atomic mass is 10.0. The van der Waals surface area contributed by atoms with Crippen molar-refractivity contribution in [2.45, 2.75) is 38.5 Å². The third-order valence-electron chi connectivity index (χ3n) is 4.78. The number of amides is 1. The number of nitrogens with zero attached hydrogens (tertiary/aromatic N) is 4. The summed E-state index contributed by atoms with van der Waals surface area (Å²) in [5.74, 6) is -0.643. The molecule has 3 rings (SSSR count). The van der Waals surface area contributed by atoms with Crippen LogP contribution in [-0.2, 0) is 23.8 Å². The van der Waals surface area contributed by atoms with E-state index < -0.39 is 23.9 Å². The zero-order chi connectivity index (χ0) is 20.3. The first-order valence-corrected chi connectivity index (χ1v) is 9.07. The SMILES string of the molecule is CCCN(CC(O)c1cnccn1)C(=O)C1Cc2cnc(C(F)(F)F)cc2C1. The summed E-state index contributed by atoms with van der Waals surface area (Å²) in [7, 11) is 0. The molecule has 0 aliphatic heterocycles. The molecule has 2 aromatic heterocycles. The third-order valence-corrected chi connectivity index (χ3v) is 4.78. The number of hydrogen-bond donors (Lipinski definition) is 1. The average Bonchev–Trinajstić information content (AvgIpc) is 3.10. The van der Waals surface area contributed by atoms with Crippen LogP contribution in [-0.4, -0.2) is 44.0 Å². The molecule has 2 atom stereocenters. The molecular formula is C19H21F3N4O2. The van der Waals surface area contributed by atoms with E-state index in [0.29, 0.717) is 36.2 Å². The summed E-state index contributed by atoms with van der Waals surface area (Å²) >= 11 is 0. The molecule has 1 aliphatic carbocycles. The molecule has 0 saturated heterocycles. The topological polar surface area (TPSA) is 79.2 Å². The van der Waals surface area contributed by atoms with Crippen LogP contribution in [0, 0.1) is 5.92 Å². The van der Waals surface area contributed by atoms with Crippen molar-refractivity contribution in [3.63, 3.8) is 0 Å². The van der Waals surface area contributed by atoms with Crippen molar-refractivity contribution in [2.24, 2.45) is 5.92 Å². The summed E-state index contributed by atoms with van der Waals surface area (Å²) in [5.41, 5.74) is 0.594. The van der Waals surface area contributed by atoms with Crippen LogP contribution in [0.1, 0.15) is 42.0 Å². The number of aliphatic hydroxyl groups is 1. The Balaban J connectivity index is 1.71. The van der Waals surface area contributed by atoms with Gasteiger partial charge in [0, 0.05) is 31.1 Å². The molecule has 0 bridgehead atoms. The molecule has 2 aromatic rings. The van der Waals surface area contributed by atoms with Gasteiger partial charge < -0.3 is 10.0 Å². The lowest BCUT2D eigenvalue weighted by Gasteiger charge is -2.27.